The van der Waals surface area contributed by atoms with E-state index < -0.39 is 0 Å². The zero-order chi connectivity index (χ0) is 22.3. The monoisotopic (exact) mass is 561 g/mol. The molecule has 7 heteroatoms. The first-order valence-corrected chi connectivity index (χ1v) is 11.7. The Morgan fingerprint density at radius 3 is 2.48 bits per heavy atom. The summed E-state index contributed by atoms with van der Waals surface area (Å²) in [6.07, 6.45) is 2.75. The summed E-state index contributed by atoms with van der Waals surface area (Å²) in [5, 5.41) is 7.10. The normalized spacial score (nSPS) is 21.2. The van der Waals surface area contributed by atoms with E-state index in [9.17, 15) is 4.79 Å². The van der Waals surface area contributed by atoms with Gasteiger partial charge in [0.25, 0.3) is 0 Å². The van der Waals surface area contributed by atoms with Gasteiger partial charge in [-0.3, -0.25) is 14.7 Å². The number of carbonyl (C=O) groups is 1. The van der Waals surface area contributed by atoms with Gasteiger partial charge in [-0.2, -0.15) is 0 Å². The first kappa shape index (κ1) is 25.5. The van der Waals surface area contributed by atoms with Crippen LogP contribution in [0.25, 0.3) is 0 Å². The van der Waals surface area contributed by atoms with Gasteiger partial charge in [0, 0.05) is 58.3 Å². The number of aliphatic imine (C=N–C) groups is 1. The molecule has 2 heterocycles. The number of hydrogen-bond donors (Lipinski definition) is 2. The standard InChI is InChI=1S/C26H35N5O.HI/c1-20-15-24(19-31(20)17-21-9-4-3-5-10-21)29-26(27-2)28-16-22-11-6-7-12-23(22)18-30-14-8-13-25(30)32;/h3-7,9-12,20,24H,8,13-19H2,1-2H3,(H2,27,28,29);1H. The van der Waals surface area contributed by atoms with Crippen LogP contribution in [0.15, 0.2) is 59.6 Å². The number of likely N-dealkylation sites (tertiary alicyclic amines) is 2. The predicted octanol–water partition coefficient (Wildman–Crippen LogP) is 3.76. The molecule has 1 amide bonds. The lowest BCUT2D eigenvalue weighted by Gasteiger charge is -2.21. The molecule has 0 radical (unpaired) electrons. The summed E-state index contributed by atoms with van der Waals surface area (Å²) >= 11 is 0. The van der Waals surface area contributed by atoms with E-state index in [1.807, 2.05) is 18.0 Å². The highest BCUT2D eigenvalue weighted by Gasteiger charge is 2.29. The lowest BCUT2D eigenvalue weighted by molar-refractivity contribution is -0.128. The number of amides is 1. The van der Waals surface area contributed by atoms with E-state index in [-0.39, 0.29) is 29.9 Å². The first-order chi connectivity index (χ1) is 15.6. The van der Waals surface area contributed by atoms with Crippen LogP contribution in [0.2, 0.25) is 0 Å². The van der Waals surface area contributed by atoms with Crippen molar-refractivity contribution in [1.82, 2.24) is 20.4 Å². The minimum atomic E-state index is 0. The molecule has 0 bridgehead atoms. The molecule has 2 atom stereocenters. The van der Waals surface area contributed by atoms with Gasteiger partial charge in [-0.1, -0.05) is 54.6 Å². The molecule has 2 aliphatic rings. The molecule has 0 aliphatic carbocycles. The van der Waals surface area contributed by atoms with Gasteiger partial charge in [-0.05, 0) is 36.5 Å². The fourth-order valence-corrected chi connectivity index (χ4v) is 4.77. The molecule has 6 nitrogen and oxygen atoms in total. The molecule has 2 aliphatic heterocycles. The number of rotatable bonds is 7. The van der Waals surface area contributed by atoms with Crippen molar-refractivity contribution in [3.8, 4) is 0 Å². The molecule has 2 aromatic carbocycles. The maximum absolute atomic E-state index is 12.0. The lowest BCUT2D eigenvalue weighted by Crippen LogP contribution is -2.44. The second-order valence-corrected chi connectivity index (χ2v) is 8.95. The Morgan fingerprint density at radius 1 is 1.06 bits per heavy atom. The third-order valence-corrected chi connectivity index (χ3v) is 6.59. The average molecular weight is 562 g/mol. The highest BCUT2D eigenvalue weighted by molar-refractivity contribution is 14.0. The second kappa shape index (κ2) is 12.4. The molecule has 4 rings (SSSR count). The van der Waals surface area contributed by atoms with Gasteiger partial charge in [0.1, 0.15) is 0 Å². The van der Waals surface area contributed by atoms with Crippen molar-refractivity contribution in [2.75, 3.05) is 20.1 Å². The fourth-order valence-electron chi connectivity index (χ4n) is 4.77. The van der Waals surface area contributed by atoms with Crippen molar-refractivity contribution in [3.05, 3.63) is 71.3 Å². The molecular formula is C26H36IN5O. The highest BCUT2D eigenvalue weighted by atomic mass is 127. The maximum Gasteiger partial charge on any atom is 0.222 e. The summed E-state index contributed by atoms with van der Waals surface area (Å²) in [5.74, 6) is 1.09. The third kappa shape index (κ3) is 6.93. The molecule has 2 aromatic rings. The Bertz CT molecular complexity index is 935. The quantitative estimate of drug-likeness (QED) is 0.307. The SMILES string of the molecule is CN=C(NCc1ccccc1CN1CCCC1=O)NC1CC(C)N(Cc2ccccc2)C1.I. The van der Waals surface area contributed by atoms with Gasteiger partial charge in [0.05, 0.1) is 0 Å². The van der Waals surface area contributed by atoms with E-state index in [1.54, 1.807) is 0 Å². The summed E-state index contributed by atoms with van der Waals surface area (Å²) in [6, 6.07) is 19.9. The molecule has 0 spiro atoms. The largest absolute Gasteiger partial charge is 0.352 e. The number of hydrogen-bond acceptors (Lipinski definition) is 3. The Labute approximate surface area is 214 Å². The average Bonchev–Trinajstić information content (AvgIpc) is 3.37. The van der Waals surface area contributed by atoms with Gasteiger partial charge in [-0.25, -0.2) is 0 Å². The molecule has 2 fully saturated rings. The number of nitrogens with one attached hydrogen (secondary N) is 2. The van der Waals surface area contributed by atoms with E-state index in [1.165, 1.54) is 16.7 Å². The highest BCUT2D eigenvalue weighted by Crippen LogP contribution is 2.20. The van der Waals surface area contributed by atoms with Gasteiger partial charge in [0.2, 0.25) is 5.91 Å². The first-order valence-electron chi connectivity index (χ1n) is 11.7. The number of carbonyl (C=O) groups excluding carboxylic acids is 1. The zero-order valence-electron chi connectivity index (χ0n) is 19.7. The Hall–Kier alpha value is -2.13. The van der Waals surface area contributed by atoms with E-state index in [2.05, 4.69) is 76.0 Å². The van der Waals surface area contributed by atoms with Crippen molar-refractivity contribution < 1.29 is 4.79 Å². The number of guanidine groups is 1. The molecule has 0 aromatic heterocycles. The van der Waals surface area contributed by atoms with Crippen molar-refractivity contribution in [2.24, 2.45) is 4.99 Å². The van der Waals surface area contributed by atoms with Crippen LogP contribution in [0.4, 0.5) is 0 Å². The van der Waals surface area contributed by atoms with Crippen LogP contribution >= 0.6 is 24.0 Å². The van der Waals surface area contributed by atoms with Crippen molar-refractivity contribution in [3.63, 3.8) is 0 Å². The fraction of sp³-hybridized carbons (Fsp3) is 0.462. The van der Waals surface area contributed by atoms with Crippen molar-refractivity contribution in [2.45, 2.75) is 57.9 Å². The zero-order valence-corrected chi connectivity index (χ0v) is 22.0. The topological polar surface area (TPSA) is 60.0 Å². The van der Waals surface area contributed by atoms with Gasteiger partial charge >= 0.3 is 0 Å². The van der Waals surface area contributed by atoms with E-state index in [4.69, 9.17) is 0 Å². The molecular weight excluding hydrogens is 525 g/mol. The van der Waals surface area contributed by atoms with Crippen molar-refractivity contribution >= 4 is 35.8 Å². The van der Waals surface area contributed by atoms with Crippen LogP contribution in [-0.2, 0) is 24.4 Å². The Morgan fingerprint density at radius 2 is 1.79 bits per heavy atom. The smallest absolute Gasteiger partial charge is 0.222 e. The van der Waals surface area contributed by atoms with Crippen LogP contribution in [0.5, 0.6) is 0 Å². The second-order valence-electron chi connectivity index (χ2n) is 8.95. The van der Waals surface area contributed by atoms with Gasteiger partial charge in [-0.15, -0.1) is 24.0 Å². The summed E-state index contributed by atoms with van der Waals surface area (Å²) in [6.45, 7) is 6.53. The summed E-state index contributed by atoms with van der Waals surface area (Å²) in [4.78, 5) is 21.0. The van der Waals surface area contributed by atoms with Crippen molar-refractivity contribution in [1.29, 1.82) is 0 Å². The molecule has 2 unspecified atom stereocenters. The molecule has 2 N–H and O–H groups in total. The summed E-state index contributed by atoms with van der Waals surface area (Å²) in [5.41, 5.74) is 3.77. The van der Waals surface area contributed by atoms with Crippen LogP contribution in [0.3, 0.4) is 0 Å². The van der Waals surface area contributed by atoms with Gasteiger partial charge in [0.15, 0.2) is 5.96 Å². The Balaban J connectivity index is 0.00000306. The Kier molecular flexibility index (Phi) is 9.55. The number of nitrogens with zero attached hydrogens (tertiary/aromatic N) is 3. The van der Waals surface area contributed by atoms with Crippen LogP contribution in [-0.4, -0.2) is 53.9 Å². The van der Waals surface area contributed by atoms with Gasteiger partial charge < -0.3 is 15.5 Å². The third-order valence-electron chi connectivity index (χ3n) is 6.59. The number of benzene rings is 2. The summed E-state index contributed by atoms with van der Waals surface area (Å²) < 4.78 is 0. The summed E-state index contributed by atoms with van der Waals surface area (Å²) in [7, 11) is 1.82. The molecule has 178 valence electrons. The minimum absolute atomic E-state index is 0. The predicted molar refractivity (Wildman–Crippen MR) is 145 cm³/mol. The molecule has 2 saturated heterocycles. The lowest BCUT2D eigenvalue weighted by atomic mass is 10.1. The van der Waals surface area contributed by atoms with E-state index >= 15 is 0 Å². The molecule has 0 saturated carbocycles. The minimum Gasteiger partial charge on any atom is -0.352 e. The van der Waals surface area contributed by atoms with E-state index in [0.717, 1.165) is 38.4 Å². The number of halogens is 1. The van der Waals surface area contributed by atoms with Crippen LogP contribution < -0.4 is 10.6 Å². The molecule has 33 heavy (non-hydrogen) atoms. The maximum atomic E-state index is 12.0. The van der Waals surface area contributed by atoms with E-state index in [0.29, 0.717) is 31.6 Å². The van der Waals surface area contributed by atoms with Crippen LogP contribution in [0.1, 0.15) is 42.9 Å². The van der Waals surface area contributed by atoms with Crippen LogP contribution in [0, 0.1) is 0 Å².